The van der Waals surface area contributed by atoms with Crippen molar-refractivity contribution in [3.63, 3.8) is 0 Å². The number of phenols is 3. The number of methoxy groups -OCH3 is 1. The molecule has 0 aliphatic carbocycles. The Bertz CT molecular complexity index is 2360. The molecule has 0 fully saturated rings. The van der Waals surface area contributed by atoms with Crippen molar-refractivity contribution in [2.75, 3.05) is 19.5 Å². The monoisotopic (exact) mass is 887 g/mol. The molecule has 64 heavy (non-hydrogen) atoms. The molecule has 7 N–H and O–H groups in total. The van der Waals surface area contributed by atoms with Crippen LogP contribution in [-0.4, -0.2) is 110 Å². The zero-order valence-corrected chi connectivity index (χ0v) is 38.1. The number of hydrogen-bond donors (Lipinski definition) is 7. The lowest BCUT2D eigenvalue weighted by Gasteiger charge is -2.38. The molecule has 3 aromatic rings. The van der Waals surface area contributed by atoms with E-state index in [2.05, 4.69) is 10.4 Å². The minimum atomic E-state index is -2.09. The van der Waals surface area contributed by atoms with Gasteiger partial charge in [0.25, 0.3) is 11.7 Å². The summed E-state index contributed by atoms with van der Waals surface area (Å²) in [6.45, 7) is 14.1. The second kappa shape index (κ2) is 19.8. The Morgan fingerprint density at radius 1 is 0.953 bits per heavy atom. The van der Waals surface area contributed by atoms with Gasteiger partial charge in [-0.3, -0.25) is 19.4 Å². The van der Waals surface area contributed by atoms with Gasteiger partial charge in [-0.05, 0) is 32.4 Å². The maximum Gasteiger partial charge on any atom is 0.312 e. The Kier molecular flexibility index (Phi) is 15.2. The fourth-order valence-electron chi connectivity index (χ4n) is 8.26. The van der Waals surface area contributed by atoms with E-state index in [-0.39, 0.29) is 44.5 Å². The van der Waals surface area contributed by atoms with Gasteiger partial charge in [-0.2, -0.15) is 5.10 Å². The summed E-state index contributed by atoms with van der Waals surface area (Å²) in [5.74, 6) is -8.88. The molecule has 11 unspecified atom stereocenters. The maximum atomic E-state index is 14.5. The van der Waals surface area contributed by atoms with E-state index >= 15 is 0 Å². The van der Waals surface area contributed by atoms with Crippen LogP contribution in [0.5, 0.6) is 23.0 Å². The number of esters is 1. The minimum absolute atomic E-state index is 0.0152. The Morgan fingerprint density at radius 3 is 2.23 bits per heavy atom. The summed E-state index contributed by atoms with van der Waals surface area (Å²) in [6, 6.07) is 8.28. The van der Waals surface area contributed by atoms with Crippen LogP contribution in [0.2, 0.25) is 0 Å². The summed E-state index contributed by atoms with van der Waals surface area (Å²) in [6.07, 6.45) is 3.51. The summed E-state index contributed by atoms with van der Waals surface area (Å²) in [7, 11) is 3.00. The number of anilines is 1. The number of aromatic hydroxyl groups is 3. The molecule has 3 aliphatic rings. The number of benzene rings is 3. The lowest BCUT2D eigenvalue weighted by atomic mass is 9.78. The van der Waals surface area contributed by atoms with Crippen LogP contribution in [0.4, 0.5) is 5.69 Å². The van der Waals surface area contributed by atoms with Crippen molar-refractivity contribution >= 4 is 40.3 Å². The summed E-state index contributed by atoms with van der Waals surface area (Å²) in [5.41, 5.74) is -0.0862. The Morgan fingerprint density at radius 2 is 1.61 bits per heavy atom. The van der Waals surface area contributed by atoms with Gasteiger partial charge >= 0.3 is 11.8 Å². The van der Waals surface area contributed by atoms with E-state index in [4.69, 9.17) is 18.9 Å². The number of ketones is 1. The van der Waals surface area contributed by atoms with Gasteiger partial charge in [0.15, 0.2) is 5.75 Å². The topological polar surface area (TPSA) is 237 Å². The highest BCUT2D eigenvalue weighted by Crippen LogP contribution is 2.55. The second-order valence-electron chi connectivity index (χ2n) is 17.0. The lowest BCUT2D eigenvalue weighted by Crippen LogP contribution is -2.46. The largest absolute Gasteiger partial charge is 0.507 e. The van der Waals surface area contributed by atoms with Gasteiger partial charge in [0.05, 0.1) is 59.0 Å². The first kappa shape index (κ1) is 49.1. The van der Waals surface area contributed by atoms with E-state index in [1.54, 1.807) is 78.1 Å². The highest BCUT2D eigenvalue weighted by atomic mass is 16.7. The van der Waals surface area contributed by atoms with E-state index in [0.29, 0.717) is 5.56 Å². The molecule has 3 heterocycles. The molecule has 346 valence electrons. The van der Waals surface area contributed by atoms with E-state index in [1.807, 2.05) is 6.07 Å². The third-order valence-electron chi connectivity index (χ3n) is 12.6. The predicted octanol–water partition coefficient (Wildman–Crippen LogP) is 6.14. The fraction of sp³-hybridized carbons (Fsp3) is 0.458. The van der Waals surface area contributed by atoms with Crippen LogP contribution in [0.25, 0.3) is 10.8 Å². The molecule has 3 aromatic carbocycles. The van der Waals surface area contributed by atoms with E-state index in [1.165, 1.54) is 58.2 Å². The molecule has 0 saturated carbocycles. The molecule has 11 atom stereocenters. The SMILES string of the molecule is COC1C=COC2(C)Oc3c(C)c(O)c4c(O)c(c(/C=N/N(C)C(C)C(O)c5ccccc5)c(O)c4c3C2=O)NC(=O)C(C)=CC=CC(C)C(O)C(C)C(O)C(C)C(OC(C)=O)C1C. The number of hydrogen-bond acceptors (Lipinski definition) is 15. The van der Waals surface area contributed by atoms with Gasteiger partial charge in [0, 0.05) is 68.2 Å². The van der Waals surface area contributed by atoms with Crippen LogP contribution in [0.3, 0.4) is 0 Å². The van der Waals surface area contributed by atoms with Crippen LogP contribution >= 0.6 is 0 Å². The summed E-state index contributed by atoms with van der Waals surface area (Å²) in [5, 5.41) is 77.8. The number of hydrazone groups is 1. The molecule has 3 aliphatic heterocycles. The zero-order chi connectivity index (χ0) is 47.5. The number of Topliss-reactive ketones (excluding diaryl/α,β-unsaturated/α-hetero) is 1. The van der Waals surface area contributed by atoms with Crippen molar-refractivity contribution in [3.05, 3.63) is 88.7 Å². The Hall–Kier alpha value is -5.94. The first-order chi connectivity index (χ1) is 30.1. The molecule has 16 nitrogen and oxygen atoms in total. The average molecular weight is 888 g/mol. The number of amides is 1. The average Bonchev–Trinajstić information content (AvgIpc) is 3.53. The maximum absolute atomic E-state index is 14.5. The van der Waals surface area contributed by atoms with Crippen LogP contribution in [0.15, 0.2) is 71.6 Å². The van der Waals surface area contributed by atoms with Crippen molar-refractivity contribution in [3.8, 4) is 23.0 Å². The number of phenolic OH excluding ortho intramolecular Hbond substituents is 3. The molecule has 5 bridgehead atoms. The van der Waals surface area contributed by atoms with Crippen LogP contribution < -0.4 is 10.1 Å². The third-order valence-corrected chi connectivity index (χ3v) is 12.6. The third kappa shape index (κ3) is 9.60. The van der Waals surface area contributed by atoms with Gasteiger partial charge in [-0.15, -0.1) is 0 Å². The number of nitrogens with one attached hydrogen (secondary N) is 1. The van der Waals surface area contributed by atoms with Gasteiger partial charge < -0.3 is 54.9 Å². The molecule has 1 amide bonds. The predicted molar refractivity (Wildman–Crippen MR) is 240 cm³/mol. The fourth-order valence-corrected chi connectivity index (χ4v) is 8.26. The first-order valence-electron chi connectivity index (χ1n) is 21.2. The number of carbonyl (C=O) groups is 3. The number of aliphatic hydroxyl groups excluding tert-OH is 3. The molecule has 0 saturated heterocycles. The van der Waals surface area contributed by atoms with E-state index < -0.39 is 101 Å². The number of ether oxygens (including phenoxy) is 4. The number of aliphatic hydroxyl groups is 3. The highest BCUT2D eigenvalue weighted by Gasteiger charge is 2.50. The van der Waals surface area contributed by atoms with Gasteiger partial charge in [-0.1, -0.05) is 76.3 Å². The molecule has 6 rings (SSSR count). The smallest absolute Gasteiger partial charge is 0.312 e. The lowest BCUT2D eigenvalue weighted by molar-refractivity contribution is -0.160. The van der Waals surface area contributed by atoms with Crippen LogP contribution in [0.1, 0.15) is 88.5 Å². The minimum Gasteiger partial charge on any atom is -0.507 e. The van der Waals surface area contributed by atoms with E-state index in [9.17, 15) is 45.0 Å². The van der Waals surface area contributed by atoms with Crippen molar-refractivity contribution in [2.24, 2.45) is 28.8 Å². The molecule has 0 aromatic heterocycles. The number of likely N-dealkylation sites (N-methyl/N-ethyl adjacent to an activating group) is 1. The second-order valence-corrected chi connectivity index (χ2v) is 17.0. The summed E-state index contributed by atoms with van der Waals surface area (Å²) >= 11 is 0. The normalized spacial score (nSPS) is 27.8. The standard InChI is InChI=1S/C48H61N3O13/c1-23-16-15-17-24(2)47(60)50-37-32(22-49-51(10)29(7)41(56)31-18-13-12-14-19-31)42(57)34-35(43(37)58)40(55)28(6)45-36(34)46(59)48(9,64-45)62-21-20-33(61-11)25(3)44(63-30(8)52)27(5)39(54)26(4)38(23)53/h12-23,25-27,29,33,38-39,41,44,53-58H,1-11H3,(H,50,60)/b16-15?,21-20?,24-17?,49-22+. The number of carbonyl (C=O) groups excluding carboxylic acids is 3. The van der Waals surface area contributed by atoms with Crippen LogP contribution in [0, 0.1) is 30.6 Å². The van der Waals surface area contributed by atoms with Crippen molar-refractivity contribution in [2.45, 2.75) is 105 Å². The number of allylic oxidation sites excluding steroid dienone is 2. The number of nitrogens with zero attached hydrogens (tertiary/aromatic N) is 2. The van der Waals surface area contributed by atoms with Gasteiger partial charge in [-0.25, -0.2) is 0 Å². The molecular formula is C48H61N3O13. The first-order valence-corrected chi connectivity index (χ1v) is 21.2. The van der Waals surface area contributed by atoms with Crippen molar-refractivity contribution in [1.82, 2.24) is 5.01 Å². The van der Waals surface area contributed by atoms with Crippen molar-refractivity contribution in [1.29, 1.82) is 0 Å². The van der Waals surface area contributed by atoms with Crippen molar-refractivity contribution < 1.29 is 64.0 Å². The molecule has 0 spiro atoms. The highest BCUT2D eigenvalue weighted by molar-refractivity contribution is 6.23. The molecular weight excluding hydrogens is 827 g/mol. The zero-order valence-electron chi connectivity index (χ0n) is 38.1. The van der Waals surface area contributed by atoms with Gasteiger partial charge in [0.2, 0.25) is 0 Å². The van der Waals surface area contributed by atoms with Crippen LogP contribution in [-0.2, 0) is 23.8 Å². The van der Waals surface area contributed by atoms with E-state index in [0.717, 1.165) is 6.21 Å². The van der Waals surface area contributed by atoms with Gasteiger partial charge in [0.1, 0.15) is 29.5 Å². The Balaban J connectivity index is 1.71. The summed E-state index contributed by atoms with van der Waals surface area (Å²) in [4.78, 5) is 40.8. The summed E-state index contributed by atoms with van der Waals surface area (Å²) < 4.78 is 23.6. The number of rotatable bonds is 7. The number of fused-ring (bicyclic) bond motifs is 14. The quantitative estimate of drug-likeness (QED) is 0.0464. The molecule has 16 heteroatoms. The molecule has 0 radical (unpaired) electrons. The Labute approximate surface area is 373 Å².